The number of likely N-dealkylation sites (tertiary alicyclic amines) is 1. The maximum Gasteiger partial charge on any atom is 0.251 e. The van der Waals surface area contributed by atoms with Crippen LogP contribution in [0.4, 0.5) is 0 Å². The first kappa shape index (κ1) is 19.2. The van der Waals surface area contributed by atoms with Gasteiger partial charge in [-0.1, -0.05) is 25.1 Å². The van der Waals surface area contributed by atoms with Gasteiger partial charge in [0, 0.05) is 31.2 Å². The van der Waals surface area contributed by atoms with Crippen LogP contribution in [-0.2, 0) is 0 Å². The smallest absolute Gasteiger partial charge is 0.251 e. The van der Waals surface area contributed by atoms with Crippen molar-refractivity contribution in [3.8, 4) is 0 Å². The Morgan fingerprint density at radius 2 is 1.92 bits per heavy atom. The zero-order chi connectivity index (χ0) is 17.9. The van der Waals surface area contributed by atoms with Gasteiger partial charge in [-0.15, -0.1) is 0 Å². The minimum Gasteiger partial charge on any atom is -0.357 e. The van der Waals surface area contributed by atoms with E-state index in [-0.39, 0.29) is 5.91 Å². The van der Waals surface area contributed by atoms with Crippen LogP contribution in [-0.4, -0.2) is 62.1 Å². The Bertz CT molecular complexity index is 546. The van der Waals surface area contributed by atoms with Crippen molar-refractivity contribution in [3.63, 3.8) is 0 Å². The average Bonchev–Trinajstić information content (AvgIpc) is 3.11. The Morgan fingerprint density at radius 3 is 2.64 bits per heavy atom. The van der Waals surface area contributed by atoms with E-state index >= 15 is 0 Å². The fourth-order valence-corrected chi connectivity index (χ4v) is 3.11. The largest absolute Gasteiger partial charge is 0.357 e. The van der Waals surface area contributed by atoms with E-state index in [1.807, 2.05) is 30.3 Å². The molecule has 1 amide bonds. The topological polar surface area (TPSA) is 68.8 Å². The number of carbonyl (C=O) groups is 1. The van der Waals surface area contributed by atoms with E-state index in [0.29, 0.717) is 24.7 Å². The van der Waals surface area contributed by atoms with Crippen LogP contribution in [0.25, 0.3) is 0 Å². The van der Waals surface area contributed by atoms with Crippen LogP contribution < -0.4 is 16.0 Å². The summed E-state index contributed by atoms with van der Waals surface area (Å²) >= 11 is 0. The molecular weight excluding hydrogens is 314 g/mol. The van der Waals surface area contributed by atoms with Gasteiger partial charge in [0.1, 0.15) is 0 Å². The van der Waals surface area contributed by atoms with E-state index in [1.165, 1.54) is 19.4 Å². The maximum atomic E-state index is 12.0. The first-order chi connectivity index (χ1) is 12.2. The Hall–Kier alpha value is -2.08. The molecule has 1 aromatic rings. The highest BCUT2D eigenvalue weighted by Crippen LogP contribution is 2.16. The molecule has 0 saturated carbocycles. The van der Waals surface area contributed by atoms with Gasteiger partial charge in [-0.3, -0.25) is 14.7 Å². The summed E-state index contributed by atoms with van der Waals surface area (Å²) in [6.45, 7) is 9.39. The number of benzene rings is 1. The third-order valence-corrected chi connectivity index (χ3v) is 4.45. The Labute approximate surface area is 151 Å². The molecule has 2 rings (SSSR count). The summed E-state index contributed by atoms with van der Waals surface area (Å²) < 4.78 is 0. The van der Waals surface area contributed by atoms with Gasteiger partial charge in [0.25, 0.3) is 5.91 Å². The lowest BCUT2D eigenvalue weighted by Crippen LogP contribution is -2.42. The highest BCUT2D eigenvalue weighted by Gasteiger charge is 2.22. The van der Waals surface area contributed by atoms with Gasteiger partial charge in [-0.05, 0) is 45.0 Å². The van der Waals surface area contributed by atoms with Crippen LogP contribution in [0.5, 0.6) is 0 Å². The van der Waals surface area contributed by atoms with Gasteiger partial charge in [0.15, 0.2) is 5.96 Å². The second-order valence-electron chi connectivity index (χ2n) is 6.19. The first-order valence-corrected chi connectivity index (χ1v) is 9.34. The molecule has 0 bridgehead atoms. The van der Waals surface area contributed by atoms with Crippen molar-refractivity contribution in [1.82, 2.24) is 20.9 Å². The molecule has 1 atom stereocenters. The van der Waals surface area contributed by atoms with Crippen LogP contribution in [0.2, 0.25) is 0 Å². The molecule has 138 valence electrons. The molecule has 1 saturated heterocycles. The summed E-state index contributed by atoms with van der Waals surface area (Å²) in [4.78, 5) is 19.2. The SMILES string of the molecule is CCNC(=NCC1CCCN1CC)NCCNC(=O)c1ccccc1. The van der Waals surface area contributed by atoms with Gasteiger partial charge >= 0.3 is 0 Å². The van der Waals surface area contributed by atoms with Crippen molar-refractivity contribution in [2.24, 2.45) is 4.99 Å². The Balaban J connectivity index is 1.73. The summed E-state index contributed by atoms with van der Waals surface area (Å²) in [6.07, 6.45) is 2.49. The van der Waals surface area contributed by atoms with Crippen molar-refractivity contribution in [1.29, 1.82) is 0 Å². The molecule has 1 fully saturated rings. The van der Waals surface area contributed by atoms with Gasteiger partial charge in [-0.25, -0.2) is 0 Å². The molecule has 6 heteroatoms. The maximum absolute atomic E-state index is 12.0. The molecule has 1 aliphatic heterocycles. The minimum atomic E-state index is -0.0473. The number of likely N-dealkylation sites (N-methyl/N-ethyl adjacent to an activating group) is 1. The molecule has 0 aromatic heterocycles. The standard InChI is InChI=1S/C19H31N5O/c1-3-20-19(23-15-17-11-8-14-24(17)4-2)22-13-12-21-18(25)16-9-6-5-7-10-16/h5-7,9-10,17H,3-4,8,11-15H2,1-2H3,(H,21,25)(H2,20,22,23). The molecule has 1 heterocycles. The lowest BCUT2D eigenvalue weighted by atomic mass is 10.2. The molecule has 6 nitrogen and oxygen atoms in total. The number of nitrogens with one attached hydrogen (secondary N) is 3. The van der Waals surface area contributed by atoms with Crippen molar-refractivity contribution in [2.45, 2.75) is 32.7 Å². The number of guanidine groups is 1. The van der Waals surface area contributed by atoms with Crippen LogP contribution in [0, 0.1) is 0 Å². The summed E-state index contributed by atoms with van der Waals surface area (Å²) in [5.74, 6) is 0.772. The number of amides is 1. The van der Waals surface area contributed by atoms with Crippen LogP contribution in [0.1, 0.15) is 37.0 Å². The third-order valence-electron chi connectivity index (χ3n) is 4.45. The van der Waals surface area contributed by atoms with Crippen LogP contribution >= 0.6 is 0 Å². The second-order valence-corrected chi connectivity index (χ2v) is 6.19. The quantitative estimate of drug-likeness (QED) is 0.379. The zero-order valence-corrected chi connectivity index (χ0v) is 15.4. The summed E-state index contributed by atoms with van der Waals surface area (Å²) in [5.41, 5.74) is 0.684. The first-order valence-electron chi connectivity index (χ1n) is 9.34. The van der Waals surface area contributed by atoms with Crippen molar-refractivity contribution in [3.05, 3.63) is 35.9 Å². The second kappa shape index (κ2) is 10.7. The molecule has 1 aromatic carbocycles. The molecule has 0 radical (unpaired) electrons. The number of rotatable bonds is 8. The van der Waals surface area contributed by atoms with Crippen molar-refractivity contribution < 1.29 is 4.79 Å². The van der Waals surface area contributed by atoms with Gasteiger partial charge in [0.2, 0.25) is 0 Å². The predicted octanol–water partition coefficient (Wildman–Crippen LogP) is 1.46. The number of carbonyl (C=O) groups excluding carboxylic acids is 1. The molecule has 3 N–H and O–H groups in total. The number of hydrogen-bond acceptors (Lipinski definition) is 3. The van der Waals surface area contributed by atoms with E-state index in [9.17, 15) is 4.79 Å². The summed E-state index contributed by atoms with van der Waals surface area (Å²) in [6, 6.07) is 9.82. The molecule has 25 heavy (non-hydrogen) atoms. The molecule has 0 spiro atoms. The molecule has 1 aliphatic rings. The normalized spacial score (nSPS) is 18.2. The number of hydrogen-bond donors (Lipinski definition) is 3. The molecule has 0 aliphatic carbocycles. The lowest BCUT2D eigenvalue weighted by molar-refractivity contribution is 0.0954. The number of nitrogens with zero attached hydrogens (tertiary/aromatic N) is 2. The van der Waals surface area contributed by atoms with Crippen LogP contribution in [0.3, 0.4) is 0 Å². The van der Waals surface area contributed by atoms with Crippen LogP contribution in [0.15, 0.2) is 35.3 Å². The summed E-state index contributed by atoms with van der Waals surface area (Å²) in [7, 11) is 0. The molecule has 1 unspecified atom stereocenters. The van der Waals surface area contributed by atoms with E-state index in [4.69, 9.17) is 4.99 Å². The highest BCUT2D eigenvalue weighted by molar-refractivity contribution is 5.94. The van der Waals surface area contributed by atoms with Gasteiger partial charge < -0.3 is 16.0 Å². The summed E-state index contributed by atoms with van der Waals surface area (Å²) in [5, 5.41) is 9.47. The molecular formula is C19H31N5O. The van der Waals surface area contributed by atoms with E-state index in [1.54, 1.807) is 0 Å². The minimum absolute atomic E-state index is 0.0473. The Morgan fingerprint density at radius 1 is 1.16 bits per heavy atom. The van der Waals surface area contributed by atoms with Crippen molar-refractivity contribution in [2.75, 3.05) is 39.3 Å². The fourth-order valence-electron chi connectivity index (χ4n) is 3.11. The van der Waals surface area contributed by atoms with Crippen molar-refractivity contribution >= 4 is 11.9 Å². The van der Waals surface area contributed by atoms with E-state index in [0.717, 1.165) is 25.6 Å². The van der Waals surface area contributed by atoms with E-state index < -0.39 is 0 Å². The Kier molecular flexibility index (Phi) is 8.25. The lowest BCUT2D eigenvalue weighted by Gasteiger charge is -2.21. The van der Waals surface area contributed by atoms with E-state index in [2.05, 4.69) is 34.7 Å². The highest BCUT2D eigenvalue weighted by atomic mass is 16.1. The number of aliphatic imine (C=N–C) groups is 1. The monoisotopic (exact) mass is 345 g/mol. The zero-order valence-electron chi connectivity index (χ0n) is 15.4. The third kappa shape index (κ3) is 6.38. The van der Waals surface area contributed by atoms with Gasteiger partial charge in [0.05, 0.1) is 6.54 Å². The predicted molar refractivity (Wildman–Crippen MR) is 103 cm³/mol. The average molecular weight is 345 g/mol. The fraction of sp³-hybridized carbons (Fsp3) is 0.579. The van der Waals surface area contributed by atoms with Gasteiger partial charge in [-0.2, -0.15) is 0 Å².